The van der Waals surface area contributed by atoms with Crippen LogP contribution in [0, 0.1) is 5.82 Å². The molecule has 0 saturated carbocycles. The van der Waals surface area contributed by atoms with E-state index in [2.05, 4.69) is 5.32 Å². The standard InChI is InChI=1S/C28H30Cl2FN3O4S/c1-4-25(28(36)32-19(2)3)33(17-20-10-13-22(31)14-11-20)27(35)18-34(26-16-21(29)12-15-24(26)30)39(37,38)23-8-6-5-7-9-23/h5-16,19,25H,4,17-18H2,1-3H3,(H,32,36). The lowest BCUT2D eigenvalue weighted by Gasteiger charge is -2.33. The van der Waals surface area contributed by atoms with Crippen LogP contribution in [0.3, 0.4) is 0 Å². The first-order valence-corrected chi connectivity index (χ1v) is 14.5. The van der Waals surface area contributed by atoms with E-state index in [1.54, 1.807) is 39.0 Å². The van der Waals surface area contributed by atoms with Gasteiger partial charge in [-0.2, -0.15) is 0 Å². The minimum absolute atomic E-state index is 0.0165. The molecule has 0 heterocycles. The quantitative estimate of drug-likeness (QED) is 0.311. The molecule has 3 aromatic rings. The molecule has 1 atom stereocenters. The zero-order valence-electron chi connectivity index (χ0n) is 21.8. The predicted molar refractivity (Wildman–Crippen MR) is 152 cm³/mol. The Morgan fingerprint density at radius 3 is 2.21 bits per heavy atom. The first kappa shape index (κ1) is 30.4. The summed E-state index contributed by atoms with van der Waals surface area (Å²) in [4.78, 5) is 28.3. The van der Waals surface area contributed by atoms with Gasteiger partial charge in [0.15, 0.2) is 0 Å². The van der Waals surface area contributed by atoms with E-state index in [9.17, 15) is 22.4 Å². The number of hydrogen-bond donors (Lipinski definition) is 1. The van der Waals surface area contributed by atoms with Gasteiger partial charge in [0, 0.05) is 17.6 Å². The van der Waals surface area contributed by atoms with Crippen molar-refractivity contribution in [3.05, 3.63) is 94.2 Å². The molecule has 0 aromatic heterocycles. The van der Waals surface area contributed by atoms with E-state index >= 15 is 0 Å². The molecule has 3 rings (SSSR count). The molecule has 7 nitrogen and oxygen atoms in total. The highest BCUT2D eigenvalue weighted by atomic mass is 35.5. The van der Waals surface area contributed by atoms with Crippen LogP contribution >= 0.6 is 23.2 Å². The molecule has 208 valence electrons. The van der Waals surface area contributed by atoms with Crippen molar-refractivity contribution in [2.45, 2.75) is 50.7 Å². The van der Waals surface area contributed by atoms with Crippen molar-refractivity contribution in [1.82, 2.24) is 10.2 Å². The second-order valence-electron chi connectivity index (χ2n) is 9.16. The van der Waals surface area contributed by atoms with Gasteiger partial charge < -0.3 is 10.2 Å². The van der Waals surface area contributed by atoms with Gasteiger partial charge in [-0.1, -0.05) is 60.5 Å². The zero-order chi connectivity index (χ0) is 28.7. The minimum atomic E-state index is -4.28. The molecule has 3 aromatic carbocycles. The van der Waals surface area contributed by atoms with Crippen LogP contribution < -0.4 is 9.62 Å². The zero-order valence-corrected chi connectivity index (χ0v) is 24.1. The van der Waals surface area contributed by atoms with Gasteiger partial charge in [-0.25, -0.2) is 12.8 Å². The molecule has 0 fully saturated rings. The second kappa shape index (κ2) is 13.3. The maximum atomic E-state index is 14.0. The molecule has 39 heavy (non-hydrogen) atoms. The third-order valence-electron chi connectivity index (χ3n) is 5.87. The van der Waals surface area contributed by atoms with Gasteiger partial charge in [0.1, 0.15) is 18.4 Å². The lowest BCUT2D eigenvalue weighted by molar-refractivity contribution is -0.140. The van der Waals surface area contributed by atoms with Crippen LogP contribution in [0.5, 0.6) is 0 Å². The van der Waals surface area contributed by atoms with Gasteiger partial charge in [0.05, 0.1) is 15.6 Å². The molecule has 0 saturated heterocycles. The van der Waals surface area contributed by atoms with E-state index in [4.69, 9.17) is 23.2 Å². The van der Waals surface area contributed by atoms with Gasteiger partial charge in [0.25, 0.3) is 10.0 Å². The summed E-state index contributed by atoms with van der Waals surface area (Å²) < 4.78 is 42.1. The highest BCUT2D eigenvalue weighted by Gasteiger charge is 2.34. The van der Waals surface area contributed by atoms with Crippen LogP contribution in [-0.4, -0.2) is 43.8 Å². The van der Waals surface area contributed by atoms with Gasteiger partial charge in [-0.15, -0.1) is 0 Å². The molecule has 1 unspecified atom stereocenters. The van der Waals surface area contributed by atoms with Crippen LogP contribution in [-0.2, 0) is 26.2 Å². The number of carbonyl (C=O) groups excluding carboxylic acids is 2. The van der Waals surface area contributed by atoms with Crippen molar-refractivity contribution < 1.29 is 22.4 Å². The fourth-order valence-electron chi connectivity index (χ4n) is 4.00. The molecule has 0 aliphatic heterocycles. The van der Waals surface area contributed by atoms with Crippen molar-refractivity contribution in [2.24, 2.45) is 0 Å². The Morgan fingerprint density at radius 1 is 0.974 bits per heavy atom. The number of benzene rings is 3. The number of carbonyl (C=O) groups is 2. The van der Waals surface area contributed by atoms with Crippen molar-refractivity contribution in [2.75, 3.05) is 10.8 Å². The largest absolute Gasteiger partial charge is 0.352 e. The SMILES string of the molecule is CCC(C(=O)NC(C)C)N(Cc1ccc(F)cc1)C(=O)CN(c1cc(Cl)ccc1Cl)S(=O)(=O)c1ccccc1. The first-order chi connectivity index (χ1) is 18.4. The summed E-state index contributed by atoms with van der Waals surface area (Å²) in [6, 6.07) is 16.4. The number of sulfonamides is 1. The summed E-state index contributed by atoms with van der Waals surface area (Å²) in [5.41, 5.74) is 0.585. The van der Waals surface area contributed by atoms with E-state index in [1.165, 1.54) is 59.5 Å². The number of amides is 2. The van der Waals surface area contributed by atoms with E-state index in [1.807, 2.05) is 0 Å². The van der Waals surface area contributed by atoms with E-state index in [0.29, 0.717) is 5.56 Å². The number of nitrogens with one attached hydrogen (secondary N) is 1. The topological polar surface area (TPSA) is 86.8 Å². The van der Waals surface area contributed by atoms with Gasteiger partial charge in [0.2, 0.25) is 11.8 Å². The fourth-order valence-corrected chi connectivity index (χ4v) is 5.88. The molecule has 0 spiro atoms. The van der Waals surface area contributed by atoms with Gasteiger partial charge in [-0.3, -0.25) is 13.9 Å². The van der Waals surface area contributed by atoms with Crippen LogP contribution in [0.4, 0.5) is 10.1 Å². The molecular formula is C28H30Cl2FN3O4S. The number of anilines is 1. The molecular weight excluding hydrogens is 564 g/mol. The van der Waals surface area contributed by atoms with Crippen molar-refractivity contribution in [1.29, 1.82) is 0 Å². The highest BCUT2D eigenvalue weighted by Crippen LogP contribution is 2.33. The summed E-state index contributed by atoms with van der Waals surface area (Å²) in [6.45, 7) is 4.63. The summed E-state index contributed by atoms with van der Waals surface area (Å²) in [5, 5.41) is 3.11. The fraction of sp³-hybridized carbons (Fsp3) is 0.286. The normalized spacial score (nSPS) is 12.2. The van der Waals surface area contributed by atoms with Crippen LogP contribution in [0.25, 0.3) is 0 Å². The second-order valence-corrected chi connectivity index (χ2v) is 11.9. The molecule has 11 heteroatoms. The van der Waals surface area contributed by atoms with Gasteiger partial charge >= 0.3 is 0 Å². The van der Waals surface area contributed by atoms with E-state index < -0.39 is 34.3 Å². The maximum Gasteiger partial charge on any atom is 0.264 e. The Labute approximate surface area is 238 Å². The summed E-state index contributed by atoms with van der Waals surface area (Å²) in [7, 11) is -4.28. The third kappa shape index (κ3) is 7.71. The van der Waals surface area contributed by atoms with Crippen LogP contribution in [0.2, 0.25) is 10.0 Å². The highest BCUT2D eigenvalue weighted by molar-refractivity contribution is 7.92. The first-order valence-electron chi connectivity index (χ1n) is 12.3. The Balaban J connectivity index is 2.09. The van der Waals surface area contributed by atoms with E-state index in [0.717, 1.165) is 4.31 Å². The number of halogens is 3. The Kier molecular flexibility index (Phi) is 10.4. The smallest absolute Gasteiger partial charge is 0.264 e. The Bertz CT molecular complexity index is 1400. The number of rotatable bonds is 11. The molecule has 0 aliphatic rings. The lowest BCUT2D eigenvalue weighted by atomic mass is 10.1. The summed E-state index contributed by atoms with van der Waals surface area (Å²) in [5.74, 6) is -1.49. The molecule has 1 N–H and O–H groups in total. The van der Waals surface area contributed by atoms with Crippen LogP contribution in [0.1, 0.15) is 32.8 Å². The van der Waals surface area contributed by atoms with Crippen molar-refractivity contribution in [3.63, 3.8) is 0 Å². The molecule has 0 radical (unpaired) electrons. The van der Waals surface area contributed by atoms with Crippen molar-refractivity contribution in [3.8, 4) is 0 Å². The average Bonchev–Trinajstić information content (AvgIpc) is 2.89. The number of hydrogen-bond acceptors (Lipinski definition) is 4. The predicted octanol–water partition coefficient (Wildman–Crippen LogP) is 5.66. The molecule has 0 bridgehead atoms. The van der Waals surface area contributed by atoms with Crippen LogP contribution in [0.15, 0.2) is 77.7 Å². The monoisotopic (exact) mass is 593 g/mol. The third-order valence-corrected chi connectivity index (χ3v) is 8.20. The van der Waals surface area contributed by atoms with Gasteiger partial charge in [-0.05, 0) is 68.3 Å². The maximum absolute atomic E-state index is 14.0. The number of nitrogens with zero attached hydrogens (tertiary/aromatic N) is 2. The van der Waals surface area contributed by atoms with E-state index in [-0.39, 0.29) is 45.5 Å². The minimum Gasteiger partial charge on any atom is -0.352 e. The van der Waals surface area contributed by atoms with Crippen molar-refractivity contribution >= 4 is 50.7 Å². The average molecular weight is 595 g/mol. The lowest BCUT2D eigenvalue weighted by Crippen LogP contribution is -2.53. The molecule has 0 aliphatic carbocycles. The Morgan fingerprint density at radius 2 is 1.62 bits per heavy atom. The molecule has 2 amide bonds. The summed E-state index contributed by atoms with van der Waals surface area (Å²) >= 11 is 12.6. The summed E-state index contributed by atoms with van der Waals surface area (Å²) in [6.07, 6.45) is 0.259. The Hall–Kier alpha value is -3.14.